The van der Waals surface area contributed by atoms with Gasteiger partial charge in [-0.05, 0) is 43.8 Å². The van der Waals surface area contributed by atoms with Crippen molar-refractivity contribution < 1.29 is 0 Å². The first-order valence-corrected chi connectivity index (χ1v) is 6.55. The van der Waals surface area contributed by atoms with Gasteiger partial charge in [0, 0.05) is 17.5 Å². The maximum atomic E-state index is 5.49. The molecule has 0 saturated heterocycles. The highest BCUT2D eigenvalue weighted by Crippen LogP contribution is 2.14. The zero-order valence-electron chi connectivity index (χ0n) is 9.49. The molecule has 1 atom stereocenters. The standard InChI is InChI=1S/C12H20N2S/c1-10(7-8-13)14-9-11-3-5-12(15-2)6-4-11/h3-6,10,14H,7-9,13H2,1-2H3. The lowest BCUT2D eigenvalue weighted by molar-refractivity contribution is 0.520. The van der Waals surface area contributed by atoms with E-state index in [1.165, 1.54) is 10.5 Å². The Kier molecular flexibility index (Phi) is 5.76. The van der Waals surface area contributed by atoms with Gasteiger partial charge in [-0.2, -0.15) is 0 Å². The Labute approximate surface area is 96.6 Å². The lowest BCUT2D eigenvalue weighted by Crippen LogP contribution is -2.27. The minimum Gasteiger partial charge on any atom is -0.330 e. The van der Waals surface area contributed by atoms with Crippen LogP contribution in [-0.4, -0.2) is 18.8 Å². The van der Waals surface area contributed by atoms with Gasteiger partial charge in [-0.1, -0.05) is 12.1 Å². The Balaban J connectivity index is 2.37. The highest BCUT2D eigenvalue weighted by atomic mass is 32.2. The summed E-state index contributed by atoms with van der Waals surface area (Å²) in [7, 11) is 0. The molecule has 0 fully saturated rings. The monoisotopic (exact) mass is 224 g/mol. The lowest BCUT2D eigenvalue weighted by Gasteiger charge is -2.12. The maximum Gasteiger partial charge on any atom is 0.0207 e. The molecule has 0 saturated carbocycles. The largest absolute Gasteiger partial charge is 0.330 e. The van der Waals surface area contributed by atoms with Gasteiger partial charge in [0.25, 0.3) is 0 Å². The van der Waals surface area contributed by atoms with Crippen LogP contribution >= 0.6 is 11.8 Å². The first kappa shape index (κ1) is 12.6. The minimum atomic E-state index is 0.496. The van der Waals surface area contributed by atoms with Gasteiger partial charge >= 0.3 is 0 Å². The molecule has 1 rings (SSSR count). The molecule has 0 aliphatic heterocycles. The van der Waals surface area contributed by atoms with Crippen LogP contribution in [0.15, 0.2) is 29.2 Å². The number of hydrogen-bond acceptors (Lipinski definition) is 3. The second kappa shape index (κ2) is 6.88. The van der Waals surface area contributed by atoms with Crippen LogP contribution in [0.5, 0.6) is 0 Å². The second-order valence-corrected chi connectivity index (χ2v) is 4.59. The fraction of sp³-hybridized carbons (Fsp3) is 0.500. The third-order valence-corrected chi connectivity index (χ3v) is 3.16. The van der Waals surface area contributed by atoms with E-state index in [1.807, 2.05) is 0 Å². The molecule has 0 spiro atoms. The SMILES string of the molecule is CSc1ccc(CNC(C)CCN)cc1. The van der Waals surface area contributed by atoms with Crippen LogP contribution in [-0.2, 0) is 6.54 Å². The molecule has 0 aromatic heterocycles. The van der Waals surface area contributed by atoms with Crippen LogP contribution in [0.4, 0.5) is 0 Å². The minimum absolute atomic E-state index is 0.496. The van der Waals surface area contributed by atoms with Crippen LogP contribution in [0.1, 0.15) is 18.9 Å². The molecule has 1 unspecified atom stereocenters. The molecule has 0 aliphatic rings. The average molecular weight is 224 g/mol. The van der Waals surface area contributed by atoms with E-state index in [9.17, 15) is 0 Å². The summed E-state index contributed by atoms with van der Waals surface area (Å²) in [5.41, 5.74) is 6.82. The number of rotatable bonds is 6. The van der Waals surface area contributed by atoms with E-state index in [4.69, 9.17) is 5.73 Å². The number of benzene rings is 1. The van der Waals surface area contributed by atoms with Gasteiger partial charge in [0.15, 0.2) is 0 Å². The van der Waals surface area contributed by atoms with Gasteiger partial charge in [0.2, 0.25) is 0 Å². The van der Waals surface area contributed by atoms with E-state index in [0.29, 0.717) is 6.04 Å². The fourth-order valence-electron chi connectivity index (χ4n) is 1.39. The van der Waals surface area contributed by atoms with Crippen LogP contribution in [0, 0.1) is 0 Å². The molecular weight excluding hydrogens is 204 g/mol. The molecule has 0 amide bonds. The van der Waals surface area contributed by atoms with Crippen molar-refractivity contribution in [1.82, 2.24) is 5.32 Å². The Morgan fingerprint density at radius 3 is 2.53 bits per heavy atom. The molecule has 2 nitrogen and oxygen atoms in total. The van der Waals surface area contributed by atoms with Gasteiger partial charge in [-0.25, -0.2) is 0 Å². The van der Waals surface area contributed by atoms with Crippen LogP contribution < -0.4 is 11.1 Å². The van der Waals surface area contributed by atoms with E-state index in [2.05, 4.69) is 42.8 Å². The van der Waals surface area contributed by atoms with Crippen molar-refractivity contribution in [2.45, 2.75) is 30.8 Å². The quantitative estimate of drug-likeness (QED) is 0.728. The summed E-state index contributed by atoms with van der Waals surface area (Å²) < 4.78 is 0. The van der Waals surface area contributed by atoms with Crippen molar-refractivity contribution in [3.05, 3.63) is 29.8 Å². The molecule has 0 aliphatic carbocycles. The lowest BCUT2D eigenvalue weighted by atomic mass is 10.2. The molecule has 1 aromatic carbocycles. The van der Waals surface area contributed by atoms with E-state index in [-0.39, 0.29) is 0 Å². The number of hydrogen-bond donors (Lipinski definition) is 2. The summed E-state index contributed by atoms with van der Waals surface area (Å²) in [6.07, 6.45) is 3.12. The summed E-state index contributed by atoms with van der Waals surface area (Å²) in [6.45, 7) is 3.85. The Morgan fingerprint density at radius 1 is 1.33 bits per heavy atom. The zero-order valence-corrected chi connectivity index (χ0v) is 10.3. The molecule has 15 heavy (non-hydrogen) atoms. The first-order chi connectivity index (χ1) is 7.26. The normalized spacial score (nSPS) is 12.7. The number of nitrogens with two attached hydrogens (primary N) is 1. The molecule has 0 radical (unpaired) electrons. The predicted molar refractivity (Wildman–Crippen MR) is 68.2 cm³/mol. The van der Waals surface area contributed by atoms with Gasteiger partial charge < -0.3 is 11.1 Å². The average Bonchev–Trinajstić information content (AvgIpc) is 2.27. The third-order valence-electron chi connectivity index (χ3n) is 2.41. The third kappa shape index (κ3) is 4.69. The van der Waals surface area contributed by atoms with Crippen molar-refractivity contribution in [3.8, 4) is 0 Å². The van der Waals surface area contributed by atoms with E-state index < -0.39 is 0 Å². The van der Waals surface area contributed by atoms with Gasteiger partial charge in [0.1, 0.15) is 0 Å². The molecule has 0 heterocycles. The van der Waals surface area contributed by atoms with Crippen molar-refractivity contribution in [1.29, 1.82) is 0 Å². The summed E-state index contributed by atoms with van der Waals surface area (Å²) in [5.74, 6) is 0. The Bertz CT molecular complexity index is 271. The smallest absolute Gasteiger partial charge is 0.0207 e. The highest BCUT2D eigenvalue weighted by molar-refractivity contribution is 7.98. The van der Waals surface area contributed by atoms with Crippen molar-refractivity contribution in [3.63, 3.8) is 0 Å². The van der Waals surface area contributed by atoms with Gasteiger partial charge in [-0.3, -0.25) is 0 Å². The maximum absolute atomic E-state index is 5.49. The first-order valence-electron chi connectivity index (χ1n) is 5.32. The predicted octanol–water partition coefficient (Wildman–Crippen LogP) is 2.24. The van der Waals surface area contributed by atoms with Crippen LogP contribution in [0.25, 0.3) is 0 Å². The summed E-state index contributed by atoms with van der Waals surface area (Å²) in [4.78, 5) is 1.31. The van der Waals surface area contributed by atoms with Crippen molar-refractivity contribution in [2.24, 2.45) is 5.73 Å². The Morgan fingerprint density at radius 2 is 2.00 bits per heavy atom. The molecule has 0 bridgehead atoms. The topological polar surface area (TPSA) is 38.0 Å². The van der Waals surface area contributed by atoms with E-state index >= 15 is 0 Å². The van der Waals surface area contributed by atoms with Gasteiger partial charge in [-0.15, -0.1) is 11.8 Å². The van der Waals surface area contributed by atoms with Crippen LogP contribution in [0.2, 0.25) is 0 Å². The summed E-state index contributed by atoms with van der Waals surface area (Å²) in [6, 6.07) is 9.17. The van der Waals surface area contributed by atoms with Crippen LogP contribution in [0.3, 0.4) is 0 Å². The number of nitrogens with one attached hydrogen (secondary N) is 1. The van der Waals surface area contributed by atoms with Gasteiger partial charge in [0.05, 0.1) is 0 Å². The van der Waals surface area contributed by atoms with Crippen molar-refractivity contribution in [2.75, 3.05) is 12.8 Å². The highest BCUT2D eigenvalue weighted by Gasteiger charge is 1.99. The molecule has 3 N–H and O–H groups in total. The second-order valence-electron chi connectivity index (χ2n) is 3.71. The van der Waals surface area contributed by atoms with E-state index in [1.54, 1.807) is 11.8 Å². The summed E-state index contributed by atoms with van der Waals surface area (Å²) in [5, 5.41) is 3.45. The molecule has 84 valence electrons. The summed E-state index contributed by atoms with van der Waals surface area (Å²) >= 11 is 1.77. The van der Waals surface area contributed by atoms with Crippen molar-refractivity contribution >= 4 is 11.8 Å². The number of thioether (sulfide) groups is 1. The molecule has 3 heteroatoms. The molecular formula is C12H20N2S. The fourth-order valence-corrected chi connectivity index (χ4v) is 1.80. The Hall–Kier alpha value is -0.510. The zero-order chi connectivity index (χ0) is 11.1. The van der Waals surface area contributed by atoms with E-state index in [0.717, 1.165) is 19.5 Å². The molecule has 1 aromatic rings.